The van der Waals surface area contributed by atoms with Gasteiger partial charge >= 0.3 is 5.97 Å². The van der Waals surface area contributed by atoms with Crippen LogP contribution in [-0.4, -0.2) is 24.0 Å². The third-order valence-corrected chi connectivity index (χ3v) is 3.92. The van der Waals surface area contributed by atoms with Crippen LogP contribution in [0.3, 0.4) is 0 Å². The van der Waals surface area contributed by atoms with E-state index in [9.17, 15) is 9.59 Å². The van der Waals surface area contributed by atoms with Crippen LogP contribution in [0.25, 0.3) is 0 Å². The van der Waals surface area contributed by atoms with Crippen LogP contribution >= 0.6 is 11.6 Å². The third-order valence-electron chi connectivity index (χ3n) is 3.69. The molecule has 0 bridgehead atoms. The Morgan fingerprint density at radius 1 is 0.963 bits per heavy atom. The van der Waals surface area contributed by atoms with Crippen LogP contribution in [0.15, 0.2) is 66.9 Å². The van der Waals surface area contributed by atoms with E-state index in [0.717, 1.165) is 5.69 Å². The number of methoxy groups -OCH3 is 1. The predicted molar refractivity (Wildman–Crippen MR) is 105 cm³/mol. The standard InChI is InChI=1S/C20H16ClN3O3/c1-27-20(26)13-5-8-16(9-6-13)24-19(25)14-7-10-18(22-12-14)23-17-4-2-3-15(21)11-17/h2-12H,1H3,(H,22,23)(H,24,25). The van der Waals surface area contributed by atoms with Crippen LogP contribution in [0.1, 0.15) is 20.7 Å². The van der Waals surface area contributed by atoms with Crippen LogP contribution < -0.4 is 10.6 Å². The molecule has 1 amide bonds. The number of aromatic nitrogens is 1. The first-order chi connectivity index (χ1) is 13.0. The molecular formula is C20H16ClN3O3. The van der Waals surface area contributed by atoms with Crippen molar-refractivity contribution in [2.24, 2.45) is 0 Å². The van der Waals surface area contributed by atoms with E-state index < -0.39 is 5.97 Å². The maximum atomic E-state index is 12.3. The molecule has 0 aliphatic carbocycles. The molecule has 136 valence electrons. The largest absolute Gasteiger partial charge is 0.465 e. The number of nitrogens with one attached hydrogen (secondary N) is 2. The average molecular weight is 382 g/mol. The number of nitrogens with zero attached hydrogens (tertiary/aromatic N) is 1. The highest BCUT2D eigenvalue weighted by Crippen LogP contribution is 2.19. The van der Waals surface area contributed by atoms with Crippen molar-refractivity contribution in [2.45, 2.75) is 0 Å². The molecule has 7 heteroatoms. The van der Waals surface area contributed by atoms with Gasteiger partial charge in [-0.3, -0.25) is 4.79 Å². The topological polar surface area (TPSA) is 80.3 Å². The lowest BCUT2D eigenvalue weighted by molar-refractivity contribution is 0.0600. The molecule has 2 aromatic carbocycles. The van der Waals surface area contributed by atoms with Crippen molar-refractivity contribution < 1.29 is 14.3 Å². The molecule has 1 aromatic heterocycles. The third kappa shape index (κ3) is 4.83. The van der Waals surface area contributed by atoms with E-state index in [1.165, 1.54) is 13.3 Å². The Bertz CT molecular complexity index is 957. The minimum atomic E-state index is -0.431. The SMILES string of the molecule is COC(=O)c1ccc(NC(=O)c2ccc(Nc3cccc(Cl)c3)nc2)cc1. The second kappa shape index (κ2) is 8.33. The number of carbonyl (C=O) groups excluding carboxylic acids is 2. The van der Waals surface area contributed by atoms with Gasteiger partial charge in [0.05, 0.1) is 18.2 Å². The molecule has 3 rings (SSSR count). The maximum absolute atomic E-state index is 12.3. The van der Waals surface area contributed by atoms with Crippen molar-refractivity contribution in [3.63, 3.8) is 0 Å². The number of benzene rings is 2. The Labute approximate surface area is 161 Å². The summed E-state index contributed by atoms with van der Waals surface area (Å²) >= 11 is 5.95. The summed E-state index contributed by atoms with van der Waals surface area (Å²) in [5, 5.41) is 6.48. The van der Waals surface area contributed by atoms with Gasteiger partial charge in [0.1, 0.15) is 5.82 Å². The number of ether oxygens (including phenoxy) is 1. The first-order valence-corrected chi connectivity index (χ1v) is 8.41. The molecule has 0 saturated carbocycles. The molecule has 1 heterocycles. The highest BCUT2D eigenvalue weighted by Gasteiger charge is 2.09. The molecular weight excluding hydrogens is 366 g/mol. The van der Waals surface area contributed by atoms with Crippen molar-refractivity contribution in [1.29, 1.82) is 0 Å². The van der Waals surface area contributed by atoms with Crippen molar-refractivity contribution in [2.75, 3.05) is 17.7 Å². The lowest BCUT2D eigenvalue weighted by Crippen LogP contribution is -2.12. The number of hydrogen-bond acceptors (Lipinski definition) is 5. The minimum absolute atomic E-state index is 0.303. The lowest BCUT2D eigenvalue weighted by atomic mass is 10.2. The zero-order valence-corrected chi connectivity index (χ0v) is 15.2. The maximum Gasteiger partial charge on any atom is 0.337 e. The summed E-state index contributed by atoms with van der Waals surface area (Å²) in [4.78, 5) is 28.0. The number of hydrogen-bond donors (Lipinski definition) is 2. The zero-order valence-electron chi connectivity index (χ0n) is 14.4. The molecule has 3 aromatic rings. The molecule has 0 aliphatic heterocycles. The summed E-state index contributed by atoms with van der Waals surface area (Å²) in [5.41, 5.74) is 2.18. The van der Waals surface area contributed by atoms with Gasteiger partial charge in [0.25, 0.3) is 5.91 Å². The Kier molecular flexibility index (Phi) is 5.68. The second-order valence-corrected chi connectivity index (χ2v) is 6.03. The molecule has 0 unspecified atom stereocenters. The lowest BCUT2D eigenvalue weighted by Gasteiger charge is -2.08. The van der Waals surface area contributed by atoms with Gasteiger partial charge in [-0.05, 0) is 54.6 Å². The first kappa shape index (κ1) is 18.4. The fraction of sp³-hybridized carbons (Fsp3) is 0.0500. The summed E-state index contributed by atoms with van der Waals surface area (Å²) in [6.07, 6.45) is 1.48. The summed E-state index contributed by atoms with van der Waals surface area (Å²) in [7, 11) is 1.32. The molecule has 0 radical (unpaired) electrons. The van der Waals surface area contributed by atoms with E-state index >= 15 is 0 Å². The Morgan fingerprint density at radius 3 is 2.33 bits per heavy atom. The van der Waals surface area contributed by atoms with Gasteiger partial charge in [-0.1, -0.05) is 17.7 Å². The van der Waals surface area contributed by atoms with E-state index in [1.807, 2.05) is 12.1 Å². The molecule has 6 nitrogen and oxygen atoms in total. The van der Waals surface area contributed by atoms with E-state index in [0.29, 0.717) is 27.7 Å². The minimum Gasteiger partial charge on any atom is -0.465 e. The van der Waals surface area contributed by atoms with Crippen molar-refractivity contribution in [3.8, 4) is 0 Å². The molecule has 0 atom stereocenters. The first-order valence-electron chi connectivity index (χ1n) is 8.03. The fourth-order valence-corrected chi connectivity index (χ4v) is 2.52. The van der Waals surface area contributed by atoms with E-state index in [2.05, 4.69) is 20.4 Å². The molecule has 0 fully saturated rings. The molecule has 0 aliphatic rings. The van der Waals surface area contributed by atoms with Gasteiger partial charge in [0.2, 0.25) is 0 Å². The van der Waals surface area contributed by atoms with Crippen LogP contribution in [0.2, 0.25) is 5.02 Å². The van der Waals surface area contributed by atoms with Crippen LogP contribution in [0.4, 0.5) is 17.2 Å². The summed E-state index contributed by atoms with van der Waals surface area (Å²) < 4.78 is 4.64. The number of pyridine rings is 1. The normalized spacial score (nSPS) is 10.1. The monoisotopic (exact) mass is 381 g/mol. The van der Waals surface area contributed by atoms with Crippen LogP contribution in [0, 0.1) is 0 Å². The fourth-order valence-electron chi connectivity index (χ4n) is 2.33. The number of amides is 1. The highest BCUT2D eigenvalue weighted by molar-refractivity contribution is 6.30. The van der Waals surface area contributed by atoms with Gasteiger partial charge in [-0.2, -0.15) is 0 Å². The van der Waals surface area contributed by atoms with Gasteiger partial charge in [-0.25, -0.2) is 9.78 Å². The van der Waals surface area contributed by atoms with Gasteiger partial charge < -0.3 is 15.4 Å². The average Bonchev–Trinajstić information content (AvgIpc) is 2.68. The Hall–Kier alpha value is -3.38. The molecule has 2 N–H and O–H groups in total. The van der Waals surface area contributed by atoms with E-state index in [1.54, 1.807) is 48.5 Å². The van der Waals surface area contributed by atoms with Gasteiger partial charge in [-0.15, -0.1) is 0 Å². The zero-order chi connectivity index (χ0) is 19.2. The Balaban J connectivity index is 1.64. The smallest absolute Gasteiger partial charge is 0.337 e. The highest BCUT2D eigenvalue weighted by atomic mass is 35.5. The summed E-state index contributed by atoms with van der Waals surface area (Å²) in [6.45, 7) is 0. The molecule has 0 saturated heterocycles. The van der Waals surface area contributed by atoms with E-state index in [4.69, 9.17) is 11.6 Å². The predicted octanol–water partition coefficient (Wildman–Crippen LogP) is 4.52. The van der Waals surface area contributed by atoms with E-state index in [-0.39, 0.29) is 5.91 Å². The number of halogens is 1. The molecule has 27 heavy (non-hydrogen) atoms. The van der Waals surface area contributed by atoms with Gasteiger partial charge in [0.15, 0.2) is 0 Å². The van der Waals surface area contributed by atoms with Crippen LogP contribution in [-0.2, 0) is 4.74 Å². The second-order valence-electron chi connectivity index (χ2n) is 5.59. The van der Waals surface area contributed by atoms with Gasteiger partial charge in [0, 0.05) is 22.6 Å². The number of esters is 1. The quantitative estimate of drug-likeness (QED) is 0.635. The summed E-state index contributed by atoms with van der Waals surface area (Å²) in [5.74, 6) is -0.140. The van der Waals surface area contributed by atoms with Crippen LogP contribution in [0.5, 0.6) is 0 Å². The number of carbonyl (C=O) groups is 2. The van der Waals surface area contributed by atoms with Crippen molar-refractivity contribution in [1.82, 2.24) is 4.98 Å². The Morgan fingerprint density at radius 2 is 1.70 bits per heavy atom. The van der Waals surface area contributed by atoms with Crippen molar-refractivity contribution >= 4 is 40.7 Å². The van der Waals surface area contributed by atoms with Crippen molar-refractivity contribution in [3.05, 3.63) is 83.0 Å². The number of anilines is 3. The summed E-state index contributed by atoms with van der Waals surface area (Å²) in [6, 6.07) is 17.1. The number of rotatable bonds is 5. The molecule has 0 spiro atoms.